The fraction of sp³-hybridized carbons (Fsp3) is 1.00. The van der Waals surface area contributed by atoms with Crippen molar-refractivity contribution in [2.24, 2.45) is 0 Å². The zero-order chi connectivity index (χ0) is 11.6. The van der Waals surface area contributed by atoms with Crippen LogP contribution in [0.4, 0.5) is 0 Å². The molecule has 0 unspecified atom stereocenters. The summed E-state index contributed by atoms with van der Waals surface area (Å²) < 4.78 is 0. The van der Waals surface area contributed by atoms with Crippen molar-refractivity contribution in [3.05, 3.63) is 0 Å². The monoisotopic (exact) mass is 318 g/mol. The Morgan fingerprint density at radius 2 is 1.14 bits per heavy atom. The Morgan fingerprint density at radius 1 is 0.929 bits per heavy atom. The summed E-state index contributed by atoms with van der Waals surface area (Å²) in [5.74, 6) is 0. The summed E-state index contributed by atoms with van der Waals surface area (Å²) in [6.45, 7) is 3.39. The van der Waals surface area contributed by atoms with Crippen molar-refractivity contribution in [2.45, 2.75) is 44.3 Å². The van der Waals surface area contributed by atoms with Crippen LogP contribution in [0.15, 0.2) is 0 Å². The Morgan fingerprint density at radius 3 is 1.21 bits per heavy atom. The van der Waals surface area contributed by atoms with Crippen molar-refractivity contribution >= 4 is 37.2 Å². The van der Waals surface area contributed by atoms with Gasteiger partial charge in [0.05, 0.1) is 11.2 Å². The zero-order valence-electron chi connectivity index (χ0n) is 8.03. The predicted octanol–water partition coefficient (Wildman–Crippen LogP) is 3.43. The fourth-order valence-electron chi connectivity index (χ4n) is 1.32. The van der Waals surface area contributed by atoms with Gasteiger partial charge in [0.15, 0.2) is 0 Å². The van der Waals surface area contributed by atoms with E-state index in [1.54, 1.807) is 13.8 Å². The number of aliphatic hydroxyl groups is 2. The second kappa shape index (κ2) is 5.42. The molecular weight excluding hydrogens is 306 g/mol. The standard InChI is InChI=1S/C7H14O2.4ClH.Ti/c1-6(8)4-3-5-7(6,2)9;;;;;/h8-9H,3-5H2,1-2H3;4*1H;/q;;;;;+4/p-4/t6-,7+;;;;;. The Balaban J connectivity index is 0.000000292. The van der Waals surface area contributed by atoms with Crippen molar-refractivity contribution in [3.8, 4) is 0 Å². The van der Waals surface area contributed by atoms with Crippen LogP contribution in [0, 0.1) is 0 Å². The third-order valence-electron chi connectivity index (χ3n) is 2.49. The minimum atomic E-state index is -3.11. The van der Waals surface area contributed by atoms with Gasteiger partial charge in [-0.2, -0.15) is 0 Å². The van der Waals surface area contributed by atoms with Crippen LogP contribution in [-0.2, 0) is 12.3 Å². The number of rotatable bonds is 0. The molecule has 2 nitrogen and oxygen atoms in total. The van der Waals surface area contributed by atoms with Gasteiger partial charge in [0.25, 0.3) is 0 Å². The summed E-state index contributed by atoms with van der Waals surface area (Å²) >= 11 is -3.11. The molecular formula is C7H14Cl4O2Ti. The van der Waals surface area contributed by atoms with E-state index in [2.05, 4.69) is 0 Å². The molecule has 14 heavy (non-hydrogen) atoms. The van der Waals surface area contributed by atoms with Crippen LogP contribution in [0.1, 0.15) is 33.1 Å². The van der Waals surface area contributed by atoms with Crippen LogP contribution in [0.2, 0.25) is 0 Å². The van der Waals surface area contributed by atoms with Gasteiger partial charge in [0.1, 0.15) is 0 Å². The van der Waals surface area contributed by atoms with E-state index in [1.807, 2.05) is 0 Å². The van der Waals surface area contributed by atoms with Crippen molar-refractivity contribution in [1.82, 2.24) is 0 Å². The molecule has 1 fully saturated rings. The molecule has 1 saturated carbocycles. The van der Waals surface area contributed by atoms with Gasteiger partial charge in [-0.15, -0.1) is 0 Å². The third kappa shape index (κ3) is 6.39. The van der Waals surface area contributed by atoms with E-state index in [1.165, 1.54) is 0 Å². The number of hydrogen-bond acceptors (Lipinski definition) is 2. The normalized spacial score (nSPS) is 37.7. The van der Waals surface area contributed by atoms with Gasteiger partial charge in [-0.3, -0.25) is 0 Å². The Kier molecular flexibility index (Phi) is 6.11. The molecule has 0 aromatic carbocycles. The summed E-state index contributed by atoms with van der Waals surface area (Å²) in [6, 6.07) is 0. The first-order chi connectivity index (χ1) is 5.96. The molecule has 0 heterocycles. The maximum atomic E-state index is 9.47. The summed E-state index contributed by atoms with van der Waals surface area (Å²) in [6.07, 6.45) is 2.38. The quantitative estimate of drug-likeness (QED) is 0.672. The minimum absolute atomic E-state index is 0.722. The summed E-state index contributed by atoms with van der Waals surface area (Å²) in [5.41, 5.74) is -1.71. The van der Waals surface area contributed by atoms with Crippen LogP contribution in [0.25, 0.3) is 0 Å². The molecule has 7 heteroatoms. The average molecular weight is 320 g/mol. The van der Waals surface area contributed by atoms with Gasteiger partial charge in [0, 0.05) is 0 Å². The van der Waals surface area contributed by atoms with E-state index in [9.17, 15) is 10.2 Å². The van der Waals surface area contributed by atoms with E-state index in [0.29, 0.717) is 0 Å². The van der Waals surface area contributed by atoms with Crippen molar-refractivity contribution in [1.29, 1.82) is 0 Å². The third-order valence-corrected chi connectivity index (χ3v) is 2.49. The maximum absolute atomic E-state index is 9.47. The van der Waals surface area contributed by atoms with Crippen LogP contribution in [0.5, 0.6) is 0 Å². The molecule has 1 aliphatic carbocycles. The second-order valence-corrected chi connectivity index (χ2v) is 19.3. The summed E-state index contributed by atoms with van der Waals surface area (Å²) in [7, 11) is 20.1. The predicted molar refractivity (Wildman–Crippen MR) is 58.5 cm³/mol. The van der Waals surface area contributed by atoms with E-state index < -0.39 is 23.5 Å². The van der Waals surface area contributed by atoms with E-state index >= 15 is 0 Å². The molecule has 2 N–H and O–H groups in total. The van der Waals surface area contributed by atoms with Crippen molar-refractivity contribution < 1.29 is 22.6 Å². The van der Waals surface area contributed by atoms with Gasteiger partial charge in [-0.1, -0.05) is 0 Å². The second-order valence-electron chi connectivity index (χ2n) is 3.83. The van der Waals surface area contributed by atoms with Crippen LogP contribution in [0.3, 0.4) is 0 Å². The Labute approximate surface area is 103 Å². The van der Waals surface area contributed by atoms with Gasteiger partial charge >= 0.3 is 49.6 Å². The van der Waals surface area contributed by atoms with Gasteiger partial charge in [-0.05, 0) is 33.1 Å². The molecule has 0 aromatic heterocycles. The molecule has 0 saturated heterocycles. The molecule has 1 aliphatic rings. The molecule has 0 bridgehead atoms. The van der Waals surface area contributed by atoms with Crippen molar-refractivity contribution in [2.75, 3.05) is 0 Å². The Bertz CT molecular complexity index is 171. The van der Waals surface area contributed by atoms with Crippen LogP contribution in [-0.4, -0.2) is 21.4 Å². The van der Waals surface area contributed by atoms with Crippen molar-refractivity contribution in [3.63, 3.8) is 0 Å². The van der Waals surface area contributed by atoms with Gasteiger partial charge in [0.2, 0.25) is 0 Å². The summed E-state index contributed by atoms with van der Waals surface area (Å²) in [5, 5.41) is 18.9. The van der Waals surface area contributed by atoms with E-state index in [-0.39, 0.29) is 0 Å². The SMILES string of the molecule is C[C@]1(O)CCC[C@@]1(C)O.[Cl][Ti]([Cl])([Cl])[Cl]. The van der Waals surface area contributed by atoms with Gasteiger partial charge < -0.3 is 10.2 Å². The first-order valence-electron chi connectivity index (χ1n) is 4.16. The molecule has 1 rings (SSSR count). The van der Waals surface area contributed by atoms with Crippen LogP contribution >= 0.6 is 37.2 Å². The van der Waals surface area contributed by atoms with E-state index in [4.69, 9.17) is 37.2 Å². The Hall–Kier alpha value is 1.79. The molecule has 0 amide bonds. The number of hydrogen-bond donors (Lipinski definition) is 2. The zero-order valence-corrected chi connectivity index (χ0v) is 12.6. The molecule has 86 valence electrons. The van der Waals surface area contributed by atoms with Gasteiger partial charge in [-0.25, -0.2) is 0 Å². The molecule has 0 aromatic rings. The van der Waals surface area contributed by atoms with E-state index in [0.717, 1.165) is 19.3 Å². The molecule has 2 atom stereocenters. The average Bonchev–Trinajstić information content (AvgIpc) is 2.01. The molecule has 0 aliphatic heterocycles. The fourth-order valence-corrected chi connectivity index (χ4v) is 1.32. The first-order valence-corrected chi connectivity index (χ1v) is 12.8. The molecule has 0 spiro atoms. The first kappa shape index (κ1) is 15.8. The molecule has 0 radical (unpaired) electrons. The van der Waals surface area contributed by atoms with Crippen LogP contribution < -0.4 is 0 Å². The summed E-state index contributed by atoms with van der Waals surface area (Å²) in [4.78, 5) is 0. The topological polar surface area (TPSA) is 40.5 Å². The number of halogens is 4.